The second kappa shape index (κ2) is 6.67. The fraction of sp³-hybridized carbons (Fsp3) is 0.400. The predicted octanol–water partition coefficient (Wildman–Crippen LogP) is -0.940. The van der Waals surface area contributed by atoms with E-state index in [0.29, 0.717) is 0 Å². The topological polar surface area (TPSA) is 53.5 Å². The van der Waals surface area contributed by atoms with Gasteiger partial charge in [0.15, 0.2) is 0 Å². The molecule has 0 spiro atoms. The first kappa shape index (κ1) is 18.0. The van der Waals surface area contributed by atoms with E-state index in [-0.39, 0.29) is 36.7 Å². The fourth-order valence-corrected chi connectivity index (χ4v) is 2.95. The van der Waals surface area contributed by atoms with E-state index >= 15 is 0 Å². The van der Waals surface area contributed by atoms with Crippen molar-refractivity contribution in [1.29, 1.82) is 0 Å². The van der Waals surface area contributed by atoms with E-state index in [9.17, 15) is 0 Å². The summed E-state index contributed by atoms with van der Waals surface area (Å²) in [6.45, 7) is 12.2. The SMILES string of the molecule is Cc1cc(C)n([B-](n2nc(C)cc2C)n2nc(C)cc2C)n1.[Na+]. The maximum absolute atomic E-state index is 4.66. The molecule has 0 saturated heterocycles. The van der Waals surface area contributed by atoms with Crippen molar-refractivity contribution in [1.82, 2.24) is 29.1 Å². The Labute approximate surface area is 159 Å². The first-order valence-corrected chi connectivity index (χ1v) is 7.45. The minimum absolute atomic E-state index is 0. The van der Waals surface area contributed by atoms with Crippen molar-refractivity contribution >= 4 is 7.12 Å². The summed E-state index contributed by atoms with van der Waals surface area (Å²) in [6.07, 6.45) is 0. The summed E-state index contributed by atoms with van der Waals surface area (Å²) >= 11 is 0. The van der Waals surface area contributed by atoms with Gasteiger partial charge in [-0.1, -0.05) is 0 Å². The van der Waals surface area contributed by atoms with Gasteiger partial charge in [-0.25, -0.2) is 15.3 Å². The normalized spacial score (nSPS) is 11.1. The molecule has 0 atom stereocenters. The van der Waals surface area contributed by atoms with Crippen LogP contribution in [0.25, 0.3) is 0 Å². The van der Waals surface area contributed by atoms with Gasteiger partial charge >= 0.3 is 29.6 Å². The maximum atomic E-state index is 4.66. The number of hydrogen-bond acceptors (Lipinski definition) is 3. The molecule has 0 fully saturated rings. The van der Waals surface area contributed by atoms with Gasteiger partial charge in [0.25, 0.3) is 7.12 Å². The number of aromatic nitrogens is 6. The smallest absolute Gasteiger partial charge is 0.422 e. The molecule has 0 N–H and O–H groups in total. The molecule has 0 amide bonds. The van der Waals surface area contributed by atoms with Crippen molar-refractivity contribution in [2.75, 3.05) is 0 Å². The molecule has 3 rings (SSSR count). The Hall–Kier alpha value is -1.31. The summed E-state index contributed by atoms with van der Waals surface area (Å²) in [7, 11) is -0.226. The average molecular weight is 319 g/mol. The van der Waals surface area contributed by atoms with Gasteiger partial charge in [-0.2, -0.15) is 0 Å². The molecule has 0 aliphatic rings. The molecule has 0 unspecified atom stereocenters. The van der Waals surface area contributed by atoms with Crippen molar-refractivity contribution in [2.45, 2.75) is 41.5 Å². The summed E-state index contributed by atoms with van der Waals surface area (Å²) in [5, 5.41) is 14.0. The van der Waals surface area contributed by atoms with Crippen LogP contribution in [0.2, 0.25) is 0 Å². The summed E-state index contributed by atoms with van der Waals surface area (Å²) in [4.78, 5) is 0. The minimum atomic E-state index is -0.226. The van der Waals surface area contributed by atoms with E-state index in [1.165, 1.54) is 0 Å². The van der Waals surface area contributed by atoms with Crippen molar-refractivity contribution in [3.63, 3.8) is 0 Å². The van der Waals surface area contributed by atoms with E-state index < -0.39 is 0 Å². The Kier molecular flexibility index (Phi) is 5.23. The Balaban J connectivity index is 0.00000192. The molecule has 23 heavy (non-hydrogen) atoms. The Morgan fingerprint density at radius 2 is 0.870 bits per heavy atom. The van der Waals surface area contributed by atoms with Crippen molar-refractivity contribution in [2.24, 2.45) is 0 Å². The van der Waals surface area contributed by atoms with Gasteiger partial charge in [-0.05, 0) is 76.8 Å². The standard InChI is InChI=1S/C15H21BN6.Na/c1-10-7-13(4)20(17-10)16(21-14(5)8-11(2)18-21)22-15(6)9-12(3)19-22;/h7-9H,1-6H3;/q-1;+1. The molecular weight excluding hydrogens is 298 g/mol. The van der Waals surface area contributed by atoms with Crippen LogP contribution in [0.4, 0.5) is 0 Å². The Bertz CT molecular complexity index is 721. The van der Waals surface area contributed by atoms with Crippen LogP contribution < -0.4 is 29.6 Å². The third-order valence-corrected chi connectivity index (χ3v) is 3.79. The second-order valence-corrected chi connectivity index (χ2v) is 5.96. The van der Waals surface area contributed by atoms with Gasteiger partial charge in [-0.15, -0.1) is 0 Å². The largest absolute Gasteiger partial charge is 1.00 e. The minimum Gasteiger partial charge on any atom is -0.422 e. The third kappa shape index (κ3) is 3.32. The molecule has 3 aromatic heterocycles. The zero-order chi connectivity index (χ0) is 16.0. The number of aryl methyl sites for hydroxylation is 6. The molecule has 0 saturated carbocycles. The van der Waals surface area contributed by atoms with Gasteiger partial charge in [0.2, 0.25) is 0 Å². The number of hydrogen-bond donors (Lipinski definition) is 0. The second-order valence-electron chi connectivity index (χ2n) is 5.96. The van der Waals surface area contributed by atoms with E-state index in [1.54, 1.807) is 0 Å². The van der Waals surface area contributed by atoms with Crippen LogP contribution >= 0.6 is 0 Å². The molecule has 0 aliphatic heterocycles. The molecule has 3 heterocycles. The first-order valence-electron chi connectivity index (χ1n) is 7.45. The van der Waals surface area contributed by atoms with Crippen molar-refractivity contribution in [3.05, 3.63) is 52.4 Å². The van der Waals surface area contributed by atoms with Crippen LogP contribution in [0.3, 0.4) is 0 Å². The van der Waals surface area contributed by atoms with Crippen LogP contribution in [-0.2, 0) is 0 Å². The van der Waals surface area contributed by atoms with E-state index in [4.69, 9.17) is 0 Å². The molecule has 3 aromatic rings. The van der Waals surface area contributed by atoms with Crippen LogP contribution in [0, 0.1) is 41.5 Å². The monoisotopic (exact) mass is 319 g/mol. The van der Waals surface area contributed by atoms with Gasteiger partial charge in [0, 0.05) is 0 Å². The van der Waals surface area contributed by atoms with Crippen molar-refractivity contribution < 1.29 is 29.6 Å². The molecule has 8 heteroatoms. The fourth-order valence-electron chi connectivity index (χ4n) is 2.95. The third-order valence-electron chi connectivity index (χ3n) is 3.79. The summed E-state index contributed by atoms with van der Waals surface area (Å²) in [5.74, 6) is 0. The quantitative estimate of drug-likeness (QED) is 0.586. The molecule has 0 aliphatic carbocycles. The van der Waals surface area contributed by atoms with E-state index in [1.807, 2.05) is 34.5 Å². The van der Waals surface area contributed by atoms with Gasteiger partial charge in [-0.3, -0.25) is 0 Å². The first-order chi connectivity index (χ1) is 10.4. The molecule has 6 nitrogen and oxygen atoms in total. The maximum Gasteiger partial charge on any atom is 1.00 e. The van der Waals surface area contributed by atoms with Crippen molar-refractivity contribution in [3.8, 4) is 0 Å². The zero-order valence-corrected chi connectivity index (χ0v) is 17.0. The Morgan fingerprint density at radius 3 is 1.04 bits per heavy atom. The molecule has 1 radical (unpaired) electrons. The molecule has 115 valence electrons. The zero-order valence-electron chi connectivity index (χ0n) is 15.0. The number of nitrogens with zero attached hydrogens (tertiary/aromatic N) is 6. The average Bonchev–Trinajstić information content (AvgIpc) is 3.02. The van der Waals surface area contributed by atoms with Crippen LogP contribution in [0.15, 0.2) is 18.2 Å². The molecule has 0 bridgehead atoms. The van der Waals surface area contributed by atoms with Crippen LogP contribution in [-0.4, -0.2) is 36.2 Å². The summed E-state index contributed by atoms with van der Waals surface area (Å²) < 4.78 is 5.94. The molecule has 0 aromatic carbocycles. The van der Waals surface area contributed by atoms with E-state index in [2.05, 4.69) is 54.3 Å². The van der Waals surface area contributed by atoms with Gasteiger partial charge in [0.1, 0.15) is 0 Å². The van der Waals surface area contributed by atoms with Crippen LogP contribution in [0.1, 0.15) is 34.2 Å². The predicted molar refractivity (Wildman–Crippen MR) is 87.1 cm³/mol. The van der Waals surface area contributed by atoms with Gasteiger partial charge < -0.3 is 13.8 Å². The summed E-state index contributed by atoms with van der Waals surface area (Å²) in [6, 6.07) is 6.22. The Morgan fingerprint density at radius 1 is 0.609 bits per heavy atom. The van der Waals surface area contributed by atoms with Crippen LogP contribution in [0.5, 0.6) is 0 Å². The summed E-state index contributed by atoms with van der Waals surface area (Å²) in [5.41, 5.74) is 6.23. The van der Waals surface area contributed by atoms with Gasteiger partial charge in [0.05, 0.1) is 17.1 Å². The van der Waals surface area contributed by atoms with E-state index in [0.717, 1.165) is 34.2 Å². The molecular formula is C15H21BN6Na. The number of rotatable bonds is 3.